The summed E-state index contributed by atoms with van der Waals surface area (Å²) >= 11 is 1.68. The van der Waals surface area contributed by atoms with Crippen LogP contribution in [0.4, 0.5) is 0 Å². The predicted molar refractivity (Wildman–Crippen MR) is 77.8 cm³/mol. The third-order valence-corrected chi connectivity index (χ3v) is 4.19. The first-order chi connectivity index (χ1) is 8.97. The van der Waals surface area contributed by atoms with Gasteiger partial charge in [-0.1, -0.05) is 11.6 Å². The Morgan fingerprint density at radius 2 is 2.00 bits per heavy atom. The molecule has 0 fully saturated rings. The number of phenols is 1. The molecule has 4 heteroatoms. The molecule has 2 rings (SSSR count). The molecule has 19 heavy (non-hydrogen) atoms. The lowest BCUT2D eigenvalue weighted by Crippen LogP contribution is -2.22. The van der Waals surface area contributed by atoms with Crippen molar-refractivity contribution in [3.63, 3.8) is 0 Å². The SMILES string of the molecule is Cc1ccc(O)c(C(=O)NCc2cc(C)c(C)s2)c1. The van der Waals surface area contributed by atoms with E-state index in [1.165, 1.54) is 10.4 Å². The van der Waals surface area contributed by atoms with Crippen molar-refractivity contribution in [3.8, 4) is 5.75 Å². The van der Waals surface area contributed by atoms with E-state index in [-0.39, 0.29) is 11.7 Å². The molecule has 2 aromatic rings. The summed E-state index contributed by atoms with van der Waals surface area (Å²) in [5.41, 5.74) is 2.52. The number of hydrogen-bond acceptors (Lipinski definition) is 3. The van der Waals surface area contributed by atoms with Crippen molar-refractivity contribution in [2.45, 2.75) is 27.3 Å². The highest BCUT2D eigenvalue weighted by Crippen LogP contribution is 2.21. The average Bonchev–Trinajstić information content (AvgIpc) is 2.69. The molecule has 0 unspecified atom stereocenters. The van der Waals surface area contributed by atoms with Gasteiger partial charge in [0, 0.05) is 9.75 Å². The van der Waals surface area contributed by atoms with Crippen LogP contribution in [0.15, 0.2) is 24.3 Å². The number of amides is 1. The maximum atomic E-state index is 12.0. The second kappa shape index (κ2) is 5.45. The Kier molecular flexibility index (Phi) is 3.90. The van der Waals surface area contributed by atoms with Gasteiger partial charge in [-0.2, -0.15) is 0 Å². The lowest BCUT2D eigenvalue weighted by atomic mass is 10.1. The van der Waals surface area contributed by atoms with E-state index >= 15 is 0 Å². The Morgan fingerprint density at radius 1 is 1.26 bits per heavy atom. The second-order valence-corrected chi connectivity index (χ2v) is 6.00. The highest BCUT2D eigenvalue weighted by Gasteiger charge is 2.11. The van der Waals surface area contributed by atoms with Crippen LogP contribution >= 0.6 is 11.3 Å². The van der Waals surface area contributed by atoms with Crippen LogP contribution in [0.2, 0.25) is 0 Å². The maximum absolute atomic E-state index is 12.0. The van der Waals surface area contributed by atoms with Gasteiger partial charge in [0.2, 0.25) is 0 Å². The third kappa shape index (κ3) is 3.15. The molecule has 1 aromatic carbocycles. The zero-order valence-corrected chi connectivity index (χ0v) is 12.1. The number of rotatable bonds is 3. The normalized spacial score (nSPS) is 10.5. The molecule has 2 N–H and O–H groups in total. The van der Waals surface area contributed by atoms with E-state index in [4.69, 9.17) is 0 Å². The van der Waals surface area contributed by atoms with E-state index in [1.807, 2.05) is 6.92 Å². The highest BCUT2D eigenvalue weighted by atomic mass is 32.1. The van der Waals surface area contributed by atoms with Gasteiger partial charge >= 0.3 is 0 Å². The Labute approximate surface area is 116 Å². The molecule has 0 spiro atoms. The molecule has 0 bridgehead atoms. The number of benzene rings is 1. The van der Waals surface area contributed by atoms with Crippen LogP contribution in [0.3, 0.4) is 0 Å². The first-order valence-corrected chi connectivity index (χ1v) is 6.92. The van der Waals surface area contributed by atoms with Crippen molar-refractivity contribution in [2.75, 3.05) is 0 Å². The zero-order chi connectivity index (χ0) is 14.0. The Morgan fingerprint density at radius 3 is 2.63 bits per heavy atom. The molecule has 0 saturated heterocycles. The van der Waals surface area contributed by atoms with Gasteiger partial charge in [-0.25, -0.2) is 0 Å². The molecule has 0 radical (unpaired) electrons. The van der Waals surface area contributed by atoms with E-state index in [2.05, 4.69) is 25.2 Å². The summed E-state index contributed by atoms with van der Waals surface area (Å²) in [5.74, 6) is -0.230. The van der Waals surface area contributed by atoms with Crippen LogP contribution < -0.4 is 5.32 Å². The number of phenolic OH excluding ortho intramolecular Hbond substituents is 1. The molecular weight excluding hydrogens is 258 g/mol. The highest BCUT2D eigenvalue weighted by molar-refractivity contribution is 7.12. The van der Waals surface area contributed by atoms with Crippen molar-refractivity contribution in [2.24, 2.45) is 0 Å². The third-order valence-electron chi connectivity index (χ3n) is 3.04. The van der Waals surface area contributed by atoms with E-state index < -0.39 is 0 Å². The van der Waals surface area contributed by atoms with Crippen molar-refractivity contribution < 1.29 is 9.90 Å². The Balaban J connectivity index is 2.07. The molecular formula is C15H17NO2S. The first-order valence-electron chi connectivity index (χ1n) is 6.11. The molecule has 0 aliphatic carbocycles. The lowest BCUT2D eigenvalue weighted by molar-refractivity contribution is 0.0948. The van der Waals surface area contributed by atoms with Crippen LogP contribution in [-0.4, -0.2) is 11.0 Å². The number of aryl methyl sites for hydroxylation is 3. The molecule has 0 atom stereocenters. The fourth-order valence-electron chi connectivity index (χ4n) is 1.83. The fraction of sp³-hybridized carbons (Fsp3) is 0.267. The van der Waals surface area contributed by atoms with Gasteiger partial charge in [-0.3, -0.25) is 4.79 Å². The van der Waals surface area contributed by atoms with Crippen molar-refractivity contribution >= 4 is 17.2 Å². The van der Waals surface area contributed by atoms with Crippen molar-refractivity contribution in [3.05, 3.63) is 50.7 Å². The van der Waals surface area contributed by atoms with Gasteiger partial charge in [0.05, 0.1) is 12.1 Å². The average molecular weight is 275 g/mol. The summed E-state index contributed by atoms with van der Waals surface area (Å²) < 4.78 is 0. The minimum absolute atomic E-state index is 0.0154. The van der Waals surface area contributed by atoms with Gasteiger partial charge < -0.3 is 10.4 Å². The largest absolute Gasteiger partial charge is 0.507 e. The second-order valence-electron chi connectivity index (χ2n) is 4.66. The van der Waals surface area contributed by atoms with Crippen molar-refractivity contribution in [1.82, 2.24) is 5.32 Å². The van der Waals surface area contributed by atoms with Crippen LogP contribution in [-0.2, 0) is 6.54 Å². The van der Waals surface area contributed by atoms with E-state index in [0.29, 0.717) is 12.1 Å². The predicted octanol–water partition coefficient (Wildman–Crippen LogP) is 3.31. The smallest absolute Gasteiger partial charge is 0.255 e. The summed E-state index contributed by atoms with van der Waals surface area (Å²) in [6.45, 7) is 6.51. The minimum Gasteiger partial charge on any atom is -0.507 e. The fourth-order valence-corrected chi connectivity index (χ4v) is 2.82. The molecule has 0 aliphatic rings. The van der Waals surface area contributed by atoms with Gasteiger partial charge in [0.1, 0.15) is 5.75 Å². The van der Waals surface area contributed by atoms with E-state index in [9.17, 15) is 9.90 Å². The number of hydrogen-bond donors (Lipinski definition) is 2. The molecule has 3 nitrogen and oxygen atoms in total. The molecule has 1 aromatic heterocycles. The van der Waals surface area contributed by atoms with Crippen LogP contribution in [0.25, 0.3) is 0 Å². The molecule has 100 valence electrons. The minimum atomic E-state index is -0.245. The monoisotopic (exact) mass is 275 g/mol. The van der Waals surface area contributed by atoms with Crippen LogP contribution in [0.5, 0.6) is 5.75 Å². The summed E-state index contributed by atoms with van der Waals surface area (Å²) in [6, 6.07) is 7.09. The Hall–Kier alpha value is -1.81. The van der Waals surface area contributed by atoms with Gasteiger partial charge in [-0.05, 0) is 44.5 Å². The maximum Gasteiger partial charge on any atom is 0.255 e. The van der Waals surface area contributed by atoms with Gasteiger partial charge in [0.25, 0.3) is 5.91 Å². The number of carbonyl (C=O) groups excluding carboxylic acids is 1. The first kappa shape index (κ1) is 13.6. The number of carbonyl (C=O) groups is 1. The zero-order valence-electron chi connectivity index (χ0n) is 11.3. The molecule has 0 aliphatic heterocycles. The summed E-state index contributed by atoms with van der Waals surface area (Å²) in [5, 5.41) is 12.5. The van der Waals surface area contributed by atoms with Crippen molar-refractivity contribution in [1.29, 1.82) is 0 Å². The number of nitrogens with one attached hydrogen (secondary N) is 1. The summed E-state index contributed by atoms with van der Waals surface area (Å²) in [4.78, 5) is 14.4. The van der Waals surface area contributed by atoms with Crippen LogP contribution in [0, 0.1) is 20.8 Å². The summed E-state index contributed by atoms with van der Waals surface area (Å²) in [6.07, 6.45) is 0. The standard InChI is InChI=1S/C15H17NO2S/c1-9-4-5-14(17)13(6-9)15(18)16-8-12-7-10(2)11(3)19-12/h4-7,17H,8H2,1-3H3,(H,16,18). The quantitative estimate of drug-likeness (QED) is 0.903. The van der Waals surface area contributed by atoms with E-state index in [1.54, 1.807) is 29.5 Å². The lowest BCUT2D eigenvalue weighted by Gasteiger charge is -2.06. The number of thiophene rings is 1. The topological polar surface area (TPSA) is 49.3 Å². The van der Waals surface area contributed by atoms with Gasteiger partial charge in [0.15, 0.2) is 0 Å². The van der Waals surface area contributed by atoms with Gasteiger partial charge in [-0.15, -0.1) is 11.3 Å². The molecule has 1 heterocycles. The van der Waals surface area contributed by atoms with Crippen LogP contribution in [0.1, 0.15) is 31.2 Å². The summed E-state index contributed by atoms with van der Waals surface area (Å²) in [7, 11) is 0. The number of aromatic hydroxyl groups is 1. The molecule has 1 amide bonds. The van der Waals surface area contributed by atoms with E-state index in [0.717, 1.165) is 10.4 Å². The Bertz CT molecular complexity index is 597. The molecule has 0 saturated carbocycles.